The number of methoxy groups -OCH3 is 1. The van der Waals surface area contributed by atoms with E-state index in [2.05, 4.69) is 37.9 Å². The molecule has 1 fully saturated rings. The van der Waals surface area contributed by atoms with Gasteiger partial charge < -0.3 is 10.1 Å². The van der Waals surface area contributed by atoms with Crippen molar-refractivity contribution in [2.75, 3.05) is 33.4 Å². The molecule has 3 atom stereocenters. The molecule has 3 unspecified atom stereocenters. The lowest BCUT2D eigenvalue weighted by molar-refractivity contribution is 0.0747. The van der Waals surface area contributed by atoms with Gasteiger partial charge in [-0.05, 0) is 31.2 Å². The van der Waals surface area contributed by atoms with Crippen LogP contribution in [0.15, 0.2) is 0 Å². The van der Waals surface area contributed by atoms with Crippen LogP contribution < -0.4 is 5.32 Å². The number of rotatable bonds is 8. The van der Waals surface area contributed by atoms with Gasteiger partial charge in [-0.3, -0.25) is 4.90 Å². The molecule has 19 heavy (non-hydrogen) atoms. The SMILES string of the molecule is CCC(C)C1CNC(C(C)C)CN1CCCCOC. The van der Waals surface area contributed by atoms with Crippen molar-refractivity contribution in [2.45, 2.75) is 59.0 Å². The van der Waals surface area contributed by atoms with Gasteiger partial charge >= 0.3 is 0 Å². The minimum Gasteiger partial charge on any atom is -0.385 e. The molecule has 0 aromatic heterocycles. The maximum Gasteiger partial charge on any atom is 0.0462 e. The molecule has 1 aliphatic heterocycles. The number of ether oxygens (including phenoxy) is 1. The normalized spacial score (nSPS) is 26.8. The van der Waals surface area contributed by atoms with Crippen LogP contribution in [-0.2, 0) is 4.74 Å². The van der Waals surface area contributed by atoms with E-state index in [0.717, 1.165) is 25.0 Å². The molecule has 0 radical (unpaired) electrons. The van der Waals surface area contributed by atoms with Crippen LogP contribution in [0.1, 0.15) is 47.0 Å². The Kier molecular flexibility index (Phi) is 7.96. The van der Waals surface area contributed by atoms with Crippen LogP contribution in [0.25, 0.3) is 0 Å². The molecule has 1 N–H and O–H groups in total. The minimum absolute atomic E-state index is 0.655. The fourth-order valence-corrected chi connectivity index (χ4v) is 2.95. The Morgan fingerprint density at radius 2 is 2.00 bits per heavy atom. The molecule has 0 aliphatic carbocycles. The van der Waals surface area contributed by atoms with E-state index in [-0.39, 0.29) is 0 Å². The molecule has 0 aromatic rings. The predicted octanol–water partition coefficient (Wildman–Crippen LogP) is 2.76. The number of unbranched alkanes of at least 4 members (excludes halogenated alkanes) is 1. The first-order chi connectivity index (χ1) is 9.10. The van der Waals surface area contributed by atoms with Gasteiger partial charge in [-0.15, -0.1) is 0 Å². The average Bonchev–Trinajstić information content (AvgIpc) is 2.42. The summed E-state index contributed by atoms with van der Waals surface area (Å²) < 4.78 is 5.16. The van der Waals surface area contributed by atoms with Gasteiger partial charge in [0.1, 0.15) is 0 Å². The second-order valence-corrected chi connectivity index (χ2v) is 6.41. The highest BCUT2D eigenvalue weighted by Crippen LogP contribution is 2.21. The first-order valence-corrected chi connectivity index (χ1v) is 8.06. The molecular formula is C16H34N2O. The first-order valence-electron chi connectivity index (χ1n) is 8.06. The fourth-order valence-electron chi connectivity index (χ4n) is 2.95. The number of nitrogens with one attached hydrogen (secondary N) is 1. The molecule has 0 aromatic carbocycles. The zero-order valence-corrected chi connectivity index (χ0v) is 13.6. The van der Waals surface area contributed by atoms with Gasteiger partial charge in [0, 0.05) is 38.9 Å². The Hall–Kier alpha value is -0.120. The van der Waals surface area contributed by atoms with Crippen molar-refractivity contribution >= 4 is 0 Å². The lowest BCUT2D eigenvalue weighted by Gasteiger charge is -2.44. The standard InChI is InChI=1S/C16H34N2O/c1-6-14(4)16-11-17-15(13(2)3)12-18(16)9-7-8-10-19-5/h13-17H,6-12H2,1-5H3. The van der Waals surface area contributed by atoms with Gasteiger partial charge in [-0.1, -0.05) is 34.1 Å². The van der Waals surface area contributed by atoms with Crippen LogP contribution in [0.4, 0.5) is 0 Å². The lowest BCUT2D eigenvalue weighted by atomic mass is 9.91. The van der Waals surface area contributed by atoms with Crippen LogP contribution >= 0.6 is 0 Å². The van der Waals surface area contributed by atoms with Crippen molar-refractivity contribution in [1.29, 1.82) is 0 Å². The van der Waals surface area contributed by atoms with E-state index in [9.17, 15) is 0 Å². The predicted molar refractivity (Wildman–Crippen MR) is 82.6 cm³/mol. The third-order valence-electron chi connectivity index (χ3n) is 4.64. The number of piperazine rings is 1. The number of nitrogens with zero attached hydrogens (tertiary/aromatic N) is 1. The largest absolute Gasteiger partial charge is 0.385 e. The molecule has 0 amide bonds. The van der Waals surface area contributed by atoms with E-state index in [1.54, 1.807) is 7.11 Å². The summed E-state index contributed by atoms with van der Waals surface area (Å²) in [6.07, 6.45) is 3.71. The Morgan fingerprint density at radius 1 is 1.26 bits per heavy atom. The van der Waals surface area contributed by atoms with Crippen molar-refractivity contribution in [1.82, 2.24) is 10.2 Å². The summed E-state index contributed by atoms with van der Waals surface area (Å²) in [6.45, 7) is 13.8. The molecule has 1 heterocycles. The second kappa shape index (κ2) is 8.93. The zero-order valence-electron chi connectivity index (χ0n) is 13.6. The smallest absolute Gasteiger partial charge is 0.0462 e. The van der Waals surface area contributed by atoms with E-state index in [1.165, 1.54) is 32.4 Å². The van der Waals surface area contributed by atoms with Gasteiger partial charge in [0.25, 0.3) is 0 Å². The molecule has 3 heteroatoms. The molecular weight excluding hydrogens is 236 g/mol. The lowest BCUT2D eigenvalue weighted by Crippen LogP contribution is -2.60. The maximum atomic E-state index is 5.16. The molecule has 3 nitrogen and oxygen atoms in total. The van der Waals surface area contributed by atoms with Crippen LogP contribution in [-0.4, -0.2) is 50.3 Å². The highest BCUT2D eigenvalue weighted by atomic mass is 16.5. The quantitative estimate of drug-likeness (QED) is 0.686. The fraction of sp³-hybridized carbons (Fsp3) is 1.00. The summed E-state index contributed by atoms with van der Waals surface area (Å²) in [4.78, 5) is 2.73. The van der Waals surface area contributed by atoms with Gasteiger partial charge in [0.2, 0.25) is 0 Å². The summed E-state index contributed by atoms with van der Waals surface area (Å²) in [5.41, 5.74) is 0. The Balaban J connectivity index is 2.50. The Morgan fingerprint density at radius 3 is 2.58 bits per heavy atom. The highest BCUT2D eigenvalue weighted by Gasteiger charge is 2.31. The van der Waals surface area contributed by atoms with E-state index >= 15 is 0 Å². The maximum absolute atomic E-state index is 5.16. The van der Waals surface area contributed by atoms with Crippen LogP contribution in [0.2, 0.25) is 0 Å². The minimum atomic E-state index is 0.655. The van der Waals surface area contributed by atoms with E-state index in [4.69, 9.17) is 4.74 Å². The van der Waals surface area contributed by atoms with Crippen molar-refractivity contribution in [3.8, 4) is 0 Å². The van der Waals surface area contributed by atoms with E-state index in [1.807, 2.05) is 0 Å². The topological polar surface area (TPSA) is 24.5 Å². The highest BCUT2D eigenvalue weighted by molar-refractivity contribution is 4.89. The summed E-state index contributed by atoms with van der Waals surface area (Å²) in [7, 11) is 1.79. The van der Waals surface area contributed by atoms with Crippen LogP contribution in [0.5, 0.6) is 0 Å². The monoisotopic (exact) mass is 270 g/mol. The second-order valence-electron chi connectivity index (χ2n) is 6.41. The molecule has 0 bridgehead atoms. The van der Waals surface area contributed by atoms with Gasteiger partial charge in [-0.2, -0.15) is 0 Å². The number of hydrogen-bond acceptors (Lipinski definition) is 3. The average molecular weight is 270 g/mol. The summed E-state index contributed by atoms with van der Waals surface area (Å²) >= 11 is 0. The molecule has 0 saturated carbocycles. The van der Waals surface area contributed by atoms with Gasteiger partial charge in [0.15, 0.2) is 0 Å². The molecule has 1 rings (SSSR count). The Bertz CT molecular complexity index is 233. The summed E-state index contributed by atoms with van der Waals surface area (Å²) in [5, 5.41) is 3.75. The Labute approximate surface area is 120 Å². The first kappa shape index (κ1) is 16.9. The third-order valence-corrected chi connectivity index (χ3v) is 4.64. The molecule has 114 valence electrons. The van der Waals surface area contributed by atoms with Gasteiger partial charge in [0.05, 0.1) is 0 Å². The van der Waals surface area contributed by atoms with Crippen LogP contribution in [0, 0.1) is 11.8 Å². The number of hydrogen-bond donors (Lipinski definition) is 1. The van der Waals surface area contributed by atoms with Crippen molar-refractivity contribution in [3.63, 3.8) is 0 Å². The molecule has 1 aliphatic rings. The van der Waals surface area contributed by atoms with Crippen LogP contribution in [0.3, 0.4) is 0 Å². The van der Waals surface area contributed by atoms with E-state index in [0.29, 0.717) is 12.1 Å². The summed E-state index contributed by atoms with van der Waals surface area (Å²) in [6, 6.07) is 1.37. The van der Waals surface area contributed by atoms with Crippen molar-refractivity contribution in [3.05, 3.63) is 0 Å². The van der Waals surface area contributed by atoms with Gasteiger partial charge in [-0.25, -0.2) is 0 Å². The molecule has 0 spiro atoms. The van der Waals surface area contributed by atoms with E-state index < -0.39 is 0 Å². The summed E-state index contributed by atoms with van der Waals surface area (Å²) in [5.74, 6) is 1.50. The van der Waals surface area contributed by atoms with Crippen molar-refractivity contribution in [2.24, 2.45) is 11.8 Å². The third kappa shape index (κ3) is 5.41. The zero-order chi connectivity index (χ0) is 14.3. The van der Waals surface area contributed by atoms with Crippen molar-refractivity contribution < 1.29 is 4.74 Å². The molecule has 1 saturated heterocycles.